The Morgan fingerprint density at radius 1 is 1.50 bits per heavy atom. The molecule has 4 heteroatoms. The summed E-state index contributed by atoms with van der Waals surface area (Å²) in [5, 5.41) is 3.51. The molecule has 1 unspecified atom stereocenters. The highest BCUT2D eigenvalue weighted by Crippen LogP contribution is 2.27. The van der Waals surface area contributed by atoms with E-state index in [0.717, 1.165) is 6.54 Å². The molecule has 86 valence electrons. The average Bonchev–Trinajstić information content (AvgIpc) is 2.84. The molecule has 0 saturated heterocycles. The van der Waals surface area contributed by atoms with E-state index in [9.17, 15) is 0 Å². The van der Waals surface area contributed by atoms with Crippen LogP contribution in [0.1, 0.15) is 28.4 Å². The minimum atomic E-state index is 0.260. The minimum Gasteiger partial charge on any atom is -0.336 e. The van der Waals surface area contributed by atoms with E-state index in [1.54, 1.807) is 0 Å². The van der Waals surface area contributed by atoms with Crippen molar-refractivity contribution in [3.63, 3.8) is 0 Å². The molecule has 0 fully saturated rings. The van der Waals surface area contributed by atoms with Crippen molar-refractivity contribution in [1.82, 2.24) is 14.9 Å². The predicted octanol–water partition coefficient (Wildman–Crippen LogP) is 2.49. The highest BCUT2D eigenvalue weighted by molar-refractivity contribution is 7.12. The van der Waals surface area contributed by atoms with Crippen LogP contribution in [0, 0.1) is 6.92 Å². The fourth-order valence-corrected chi connectivity index (χ4v) is 2.78. The van der Waals surface area contributed by atoms with Gasteiger partial charge in [-0.05, 0) is 25.6 Å². The van der Waals surface area contributed by atoms with Gasteiger partial charge in [-0.3, -0.25) is 0 Å². The highest BCUT2D eigenvalue weighted by Gasteiger charge is 2.17. The Morgan fingerprint density at radius 2 is 2.31 bits per heavy atom. The molecule has 2 aromatic heterocycles. The molecular weight excluding hydrogens is 218 g/mol. The second-order valence-corrected chi connectivity index (χ2v) is 5.19. The Labute approximate surface area is 100 Å². The van der Waals surface area contributed by atoms with Crippen LogP contribution in [-0.2, 0) is 7.05 Å². The summed E-state index contributed by atoms with van der Waals surface area (Å²) in [5.41, 5.74) is 1.21. The molecule has 1 atom stereocenters. The zero-order valence-electron chi connectivity index (χ0n) is 9.90. The Hall–Kier alpha value is -1.13. The Kier molecular flexibility index (Phi) is 3.41. The van der Waals surface area contributed by atoms with Crippen LogP contribution in [0.2, 0.25) is 0 Å². The minimum absolute atomic E-state index is 0.260. The zero-order valence-corrected chi connectivity index (χ0v) is 10.7. The molecule has 0 aliphatic carbocycles. The van der Waals surface area contributed by atoms with Gasteiger partial charge in [0.05, 0.1) is 24.3 Å². The third-order valence-electron chi connectivity index (χ3n) is 2.60. The van der Waals surface area contributed by atoms with E-state index in [1.807, 2.05) is 30.9 Å². The summed E-state index contributed by atoms with van der Waals surface area (Å²) in [7, 11) is 2.03. The van der Waals surface area contributed by atoms with E-state index in [-0.39, 0.29) is 6.04 Å². The smallest absolute Gasteiger partial charge is 0.0946 e. The quantitative estimate of drug-likeness (QED) is 0.882. The molecule has 0 aromatic carbocycles. The van der Waals surface area contributed by atoms with E-state index in [4.69, 9.17) is 0 Å². The van der Waals surface area contributed by atoms with Gasteiger partial charge in [0.1, 0.15) is 0 Å². The first kappa shape index (κ1) is 11.4. The van der Waals surface area contributed by atoms with Crippen LogP contribution in [0.25, 0.3) is 0 Å². The molecule has 2 heterocycles. The van der Waals surface area contributed by atoms with Gasteiger partial charge in [-0.25, -0.2) is 4.98 Å². The second-order valence-electron chi connectivity index (χ2n) is 3.87. The van der Waals surface area contributed by atoms with Crippen molar-refractivity contribution >= 4 is 11.3 Å². The molecule has 0 radical (unpaired) electrons. The van der Waals surface area contributed by atoms with Crippen LogP contribution in [0.15, 0.2) is 24.7 Å². The lowest BCUT2D eigenvalue weighted by atomic mass is 10.2. The molecular formula is C12H17N3S. The summed E-state index contributed by atoms with van der Waals surface area (Å²) >= 11 is 1.84. The Balaban J connectivity index is 2.34. The van der Waals surface area contributed by atoms with Gasteiger partial charge in [0, 0.05) is 16.8 Å². The number of thiophene rings is 1. The van der Waals surface area contributed by atoms with Crippen molar-refractivity contribution in [3.05, 3.63) is 40.1 Å². The van der Waals surface area contributed by atoms with Crippen molar-refractivity contribution in [2.75, 3.05) is 6.54 Å². The predicted molar refractivity (Wildman–Crippen MR) is 67.8 cm³/mol. The maximum atomic E-state index is 4.18. The van der Waals surface area contributed by atoms with Crippen LogP contribution < -0.4 is 5.32 Å². The SMILES string of the molecule is CCNC(c1ccc(C)s1)c1cncn1C. The standard InChI is InChI=1S/C12H17N3S/c1-4-14-12(10-7-13-8-15(10)3)11-6-5-9(2)16-11/h5-8,12,14H,4H2,1-3H3. The van der Waals surface area contributed by atoms with Gasteiger partial charge in [0.15, 0.2) is 0 Å². The largest absolute Gasteiger partial charge is 0.336 e. The number of nitrogens with one attached hydrogen (secondary N) is 1. The number of imidazole rings is 1. The van der Waals surface area contributed by atoms with Crippen LogP contribution in [0.5, 0.6) is 0 Å². The summed E-state index contributed by atoms with van der Waals surface area (Å²) in [4.78, 5) is 6.88. The van der Waals surface area contributed by atoms with Crippen molar-refractivity contribution in [2.24, 2.45) is 7.05 Å². The number of aryl methyl sites for hydroxylation is 2. The number of nitrogens with zero attached hydrogens (tertiary/aromatic N) is 2. The van der Waals surface area contributed by atoms with Crippen LogP contribution in [0.4, 0.5) is 0 Å². The lowest BCUT2D eigenvalue weighted by Gasteiger charge is -2.16. The van der Waals surface area contributed by atoms with Crippen LogP contribution in [-0.4, -0.2) is 16.1 Å². The third-order valence-corrected chi connectivity index (χ3v) is 3.67. The maximum absolute atomic E-state index is 4.18. The lowest BCUT2D eigenvalue weighted by molar-refractivity contribution is 0.601. The number of aromatic nitrogens is 2. The zero-order chi connectivity index (χ0) is 11.5. The van der Waals surface area contributed by atoms with Crippen molar-refractivity contribution in [1.29, 1.82) is 0 Å². The van der Waals surface area contributed by atoms with E-state index >= 15 is 0 Å². The molecule has 0 bridgehead atoms. The van der Waals surface area contributed by atoms with Crippen molar-refractivity contribution in [2.45, 2.75) is 19.9 Å². The molecule has 16 heavy (non-hydrogen) atoms. The summed E-state index contributed by atoms with van der Waals surface area (Å²) < 4.78 is 2.07. The van der Waals surface area contributed by atoms with Crippen LogP contribution in [0.3, 0.4) is 0 Å². The second kappa shape index (κ2) is 4.80. The van der Waals surface area contributed by atoms with Gasteiger partial charge in [-0.2, -0.15) is 0 Å². The monoisotopic (exact) mass is 235 g/mol. The Bertz CT molecular complexity index is 458. The molecule has 1 N–H and O–H groups in total. The normalized spacial score (nSPS) is 12.9. The third kappa shape index (κ3) is 2.18. The first-order valence-electron chi connectivity index (χ1n) is 5.48. The Morgan fingerprint density at radius 3 is 2.81 bits per heavy atom. The first-order valence-corrected chi connectivity index (χ1v) is 6.30. The lowest BCUT2D eigenvalue weighted by Crippen LogP contribution is -2.23. The van der Waals surface area contributed by atoms with Gasteiger partial charge in [-0.15, -0.1) is 11.3 Å². The van der Waals surface area contributed by atoms with Gasteiger partial charge < -0.3 is 9.88 Å². The van der Waals surface area contributed by atoms with Gasteiger partial charge in [0.2, 0.25) is 0 Å². The highest BCUT2D eigenvalue weighted by atomic mass is 32.1. The molecule has 0 aliphatic heterocycles. The summed E-state index contributed by atoms with van der Waals surface area (Å²) in [6.07, 6.45) is 3.78. The fraction of sp³-hybridized carbons (Fsp3) is 0.417. The van der Waals surface area contributed by atoms with E-state index in [0.29, 0.717) is 0 Å². The number of hydrogen-bond donors (Lipinski definition) is 1. The molecule has 0 amide bonds. The summed E-state index contributed by atoms with van der Waals surface area (Å²) in [5.74, 6) is 0. The van der Waals surface area contributed by atoms with Gasteiger partial charge >= 0.3 is 0 Å². The molecule has 2 rings (SSSR count). The fourth-order valence-electron chi connectivity index (χ4n) is 1.81. The molecule has 0 aliphatic rings. The van der Waals surface area contributed by atoms with Crippen molar-refractivity contribution < 1.29 is 0 Å². The maximum Gasteiger partial charge on any atom is 0.0946 e. The van der Waals surface area contributed by atoms with Gasteiger partial charge in [0.25, 0.3) is 0 Å². The molecule has 0 spiro atoms. The molecule has 0 saturated carbocycles. The molecule has 3 nitrogen and oxygen atoms in total. The van der Waals surface area contributed by atoms with Crippen LogP contribution >= 0.6 is 11.3 Å². The van der Waals surface area contributed by atoms with Crippen molar-refractivity contribution in [3.8, 4) is 0 Å². The topological polar surface area (TPSA) is 29.9 Å². The average molecular weight is 235 g/mol. The first-order chi connectivity index (χ1) is 7.72. The number of rotatable bonds is 4. The number of hydrogen-bond acceptors (Lipinski definition) is 3. The van der Waals surface area contributed by atoms with Gasteiger partial charge in [-0.1, -0.05) is 6.92 Å². The summed E-state index contributed by atoms with van der Waals surface area (Å²) in [6, 6.07) is 4.62. The van der Waals surface area contributed by atoms with E-state index in [2.05, 4.69) is 40.8 Å². The molecule has 2 aromatic rings. The van der Waals surface area contributed by atoms with E-state index in [1.165, 1.54) is 15.4 Å². The van der Waals surface area contributed by atoms with E-state index < -0.39 is 0 Å². The summed E-state index contributed by atoms with van der Waals surface area (Å²) in [6.45, 7) is 5.22.